The van der Waals surface area contributed by atoms with Gasteiger partial charge in [0.2, 0.25) is 0 Å². The van der Waals surface area contributed by atoms with E-state index in [2.05, 4.69) is 10.4 Å². The van der Waals surface area contributed by atoms with Crippen molar-refractivity contribution in [2.45, 2.75) is 25.8 Å². The minimum atomic E-state index is 0.439. The Bertz CT molecular complexity index is 397. The quantitative estimate of drug-likeness (QED) is 0.349. The fourth-order valence-electron chi connectivity index (χ4n) is 1.42. The fourth-order valence-corrected chi connectivity index (χ4v) is 1.59. The normalized spacial score (nSPS) is 16.6. The number of nitrogens with zero attached hydrogens (tertiary/aromatic N) is 1. The summed E-state index contributed by atoms with van der Waals surface area (Å²) in [6.07, 6.45) is 2.32. The highest BCUT2D eigenvalue weighted by Gasteiger charge is 2.21. The van der Waals surface area contributed by atoms with Gasteiger partial charge < -0.3 is 5.43 Å². The first-order valence-corrected chi connectivity index (χ1v) is 5.39. The Kier molecular flexibility index (Phi) is 2.93. The Balaban J connectivity index is 2.36. The van der Waals surface area contributed by atoms with Crippen LogP contribution in [0, 0.1) is 6.92 Å². The first-order valence-electron chi connectivity index (χ1n) is 5.01. The van der Waals surface area contributed by atoms with Gasteiger partial charge >= 0.3 is 0 Å². The molecule has 80 valence electrons. The second-order valence-corrected chi connectivity index (χ2v) is 4.25. The van der Waals surface area contributed by atoms with E-state index in [1.807, 2.05) is 25.1 Å². The van der Waals surface area contributed by atoms with E-state index in [1.165, 1.54) is 0 Å². The number of aryl methyl sites for hydroxylation is 1. The zero-order chi connectivity index (χ0) is 10.8. The second-order valence-electron chi connectivity index (χ2n) is 3.81. The summed E-state index contributed by atoms with van der Waals surface area (Å²) in [6.45, 7) is 2.02. The lowest BCUT2D eigenvalue weighted by Gasteiger charge is -2.09. The highest BCUT2D eigenvalue weighted by molar-refractivity contribution is 6.31. The summed E-state index contributed by atoms with van der Waals surface area (Å²) in [5.74, 6) is 6.21. The lowest BCUT2D eigenvalue weighted by atomic mass is 10.1. The van der Waals surface area contributed by atoms with Crippen molar-refractivity contribution < 1.29 is 0 Å². The van der Waals surface area contributed by atoms with Crippen LogP contribution < -0.4 is 11.3 Å². The van der Waals surface area contributed by atoms with Gasteiger partial charge in [0.1, 0.15) is 5.84 Å². The Morgan fingerprint density at radius 1 is 1.53 bits per heavy atom. The van der Waals surface area contributed by atoms with E-state index < -0.39 is 0 Å². The molecular formula is C11H14ClN3. The highest BCUT2D eigenvalue weighted by Crippen LogP contribution is 2.25. The summed E-state index contributed by atoms with van der Waals surface area (Å²) in [7, 11) is 0. The Hall–Kier alpha value is -1.06. The van der Waals surface area contributed by atoms with Crippen LogP contribution in [0.2, 0.25) is 5.02 Å². The van der Waals surface area contributed by atoms with E-state index >= 15 is 0 Å². The number of halogens is 1. The van der Waals surface area contributed by atoms with E-state index in [-0.39, 0.29) is 0 Å². The van der Waals surface area contributed by atoms with Gasteiger partial charge in [0.05, 0.1) is 6.04 Å². The maximum absolute atomic E-state index is 5.95. The number of hydrogen-bond acceptors (Lipinski definition) is 2. The number of benzene rings is 1. The minimum Gasteiger partial charge on any atom is -0.308 e. The first-order chi connectivity index (χ1) is 7.20. The zero-order valence-electron chi connectivity index (χ0n) is 8.63. The molecule has 1 fully saturated rings. The van der Waals surface area contributed by atoms with Crippen LogP contribution >= 0.6 is 11.6 Å². The number of rotatable bonds is 2. The van der Waals surface area contributed by atoms with Crippen LogP contribution in [0.1, 0.15) is 24.0 Å². The predicted octanol–water partition coefficient (Wildman–Crippen LogP) is 2.02. The molecule has 0 amide bonds. The molecule has 0 aromatic heterocycles. The van der Waals surface area contributed by atoms with Crippen LogP contribution in [-0.2, 0) is 0 Å². The average Bonchev–Trinajstić information content (AvgIpc) is 3.02. The third kappa shape index (κ3) is 2.49. The molecule has 1 aliphatic carbocycles. The van der Waals surface area contributed by atoms with E-state index in [0.29, 0.717) is 11.1 Å². The van der Waals surface area contributed by atoms with Crippen LogP contribution in [-0.4, -0.2) is 11.9 Å². The molecule has 0 saturated heterocycles. The smallest absolute Gasteiger partial charge is 0.143 e. The van der Waals surface area contributed by atoms with Gasteiger partial charge in [0.25, 0.3) is 0 Å². The molecular weight excluding hydrogens is 210 g/mol. The van der Waals surface area contributed by atoms with Gasteiger partial charge in [-0.25, -0.2) is 5.84 Å². The molecule has 1 aromatic rings. The van der Waals surface area contributed by atoms with E-state index in [1.54, 1.807) is 0 Å². The highest BCUT2D eigenvalue weighted by atomic mass is 35.5. The Labute approximate surface area is 94.3 Å². The fraction of sp³-hybridized carbons (Fsp3) is 0.364. The third-order valence-corrected chi connectivity index (χ3v) is 2.69. The molecule has 0 heterocycles. The molecule has 0 radical (unpaired) electrons. The summed E-state index contributed by atoms with van der Waals surface area (Å²) in [5, 5.41) is 0.703. The van der Waals surface area contributed by atoms with E-state index in [4.69, 9.17) is 17.4 Å². The lowest BCUT2D eigenvalue weighted by Crippen LogP contribution is -2.32. The number of nitrogens with two attached hydrogens (primary N) is 1. The summed E-state index contributed by atoms with van der Waals surface area (Å²) < 4.78 is 0. The second kappa shape index (κ2) is 4.21. The standard InChI is InChI=1S/C11H14ClN3/c1-7-2-3-8(12)6-10(7)11(15-13)14-9-4-5-9/h2-3,6,9H,4-5,13H2,1H3,(H,14,15). The SMILES string of the molecule is Cc1ccc(Cl)cc1C(=NC1CC1)NN. The van der Waals surface area contributed by atoms with Gasteiger partial charge in [-0.3, -0.25) is 4.99 Å². The van der Waals surface area contributed by atoms with Gasteiger partial charge in [-0.1, -0.05) is 17.7 Å². The summed E-state index contributed by atoms with van der Waals surface area (Å²) >= 11 is 5.95. The first kappa shape index (κ1) is 10.5. The Morgan fingerprint density at radius 2 is 2.27 bits per heavy atom. The van der Waals surface area contributed by atoms with Gasteiger partial charge in [0.15, 0.2) is 0 Å². The van der Waals surface area contributed by atoms with E-state index in [0.717, 1.165) is 29.8 Å². The third-order valence-electron chi connectivity index (χ3n) is 2.45. The Morgan fingerprint density at radius 3 is 2.87 bits per heavy atom. The van der Waals surface area contributed by atoms with Gasteiger partial charge in [0, 0.05) is 10.6 Å². The lowest BCUT2D eigenvalue weighted by molar-refractivity contribution is 0.969. The predicted molar refractivity (Wildman–Crippen MR) is 63.1 cm³/mol. The molecule has 0 spiro atoms. The molecule has 4 heteroatoms. The molecule has 0 bridgehead atoms. The van der Waals surface area contributed by atoms with Crippen molar-refractivity contribution in [2.24, 2.45) is 10.8 Å². The van der Waals surface area contributed by atoms with Crippen molar-refractivity contribution in [1.29, 1.82) is 0 Å². The molecule has 1 aliphatic rings. The van der Waals surface area contributed by atoms with Gasteiger partial charge in [-0.2, -0.15) is 0 Å². The zero-order valence-corrected chi connectivity index (χ0v) is 9.38. The molecule has 2 rings (SSSR count). The maximum atomic E-state index is 5.95. The summed E-state index contributed by atoms with van der Waals surface area (Å²) in [5.41, 5.74) is 4.75. The topological polar surface area (TPSA) is 50.4 Å². The number of nitrogens with one attached hydrogen (secondary N) is 1. The van der Waals surface area contributed by atoms with Crippen LogP contribution in [0.15, 0.2) is 23.2 Å². The molecule has 1 saturated carbocycles. The van der Waals surface area contributed by atoms with Gasteiger partial charge in [-0.05, 0) is 37.5 Å². The minimum absolute atomic E-state index is 0.439. The number of aliphatic imine (C=N–C) groups is 1. The number of hydrogen-bond donors (Lipinski definition) is 2. The van der Waals surface area contributed by atoms with Crippen molar-refractivity contribution in [1.82, 2.24) is 5.43 Å². The van der Waals surface area contributed by atoms with Crippen molar-refractivity contribution in [3.63, 3.8) is 0 Å². The van der Waals surface area contributed by atoms with Crippen molar-refractivity contribution in [2.75, 3.05) is 0 Å². The van der Waals surface area contributed by atoms with Gasteiger partial charge in [-0.15, -0.1) is 0 Å². The summed E-state index contributed by atoms with van der Waals surface area (Å²) in [4.78, 5) is 4.50. The molecule has 0 unspecified atom stereocenters. The number of amidine groups is 1. The molecule has 3 nitrogen and oxygen atoms in total. The van der Waals surface area contributed by atoms with Crippen LogP contribution in [0.25, 0.3) is 0 Å². The van der Waals surface area contributed by atoms with Crippen molar-refractivity contribution in [3.8, 4) is 0 Å². The molecule has 15 heavy (non-hydrogen) atoms. The van der Waals surface area contributed by atoms with Crippen LogP contribution in [0.4, 0.5) is 0 Å². The van der Waals surface area contributed by atoms with Crippen LogP contribution in [0.5, 0.6) is 0 Å². The molecule has 1 aromatic carbocycles. The molecule has 3 N–H and O–H groups in total. The van der Waals surface area contributed by atoms with Crippen molar-refractivity contribution in [3.05, 3.63) is 34.3 Å². The molecule has 0 aliphatic heterocycles. The maximum Gasteiger partial charge on any atom is 0.143 e. The number of hydrazine groups is 1. The van der Waals surface area contributed by atoms with Crippen molar-refractivity contribution >= 4 is 17.4 Å². The monoisotopic (exact) mass is 223 g/mol. The van der Waals surface area contributed by atoms with Crippen LogP contribution in [0.3, 0.4) is 0 Å². The molecule has 0 atom stereocenters. The largest absolute Gasteiger partial charge is 0.308 e. The summed E-state index contributed by atoms with van der Waals surface area (Å²) in [6, 6.07) is 6.16. The van der Waals surface area contributed by atoms with E-state index in [9.17, 15) is 0 Å². The average molecular weight is 224 g/mol.